The molecule has 8 nitrogen and oxygen atoms in total. The average Bonchev–Trinajstić information content (AvgIpc) is 3.28. The van der Waals surface area contributed by atoms with Crippen LogP contribution < -0.4 is 5.32 Å². The van der Waals surface area contributed by atoms with Crippen LogP contribution >= 0.6 is 11.3 Å². The second-order valence-corrected chi connectivity index (χ2v) is 6.89. The van der Waals surface area contributed by atoms with E-state index in [-0.39, 0.29) is 5.91 Å². The quantitative estimate of drug-likeness (QED) is 0.453. The first kappa shape index (κ1) is 22.1. The van der Waals surface area contributed by atoms with Crippen LogP contribution in [0.4, 0.5) is 0 Å². The van der Waals surface area contributed by atoms with E-state index in [1.807, 2.05) is 17.6 Å². The predicted molar refractivity (Wildman–Crippen MR) is 107 cm³/mol. The SMILES string of the molecule is CCOC(=O)c1nc(-c2cc(C(=O)NCCOC)c(C)n2CCCOC)cs1. The molecule has 0 saturated heterocycles. The minimum absolute atomic E-state index is 0.165. The molecule has 0 aliphatic heterocycles. The Morgan fingerprint density at radius 3 is 2.68 bits per heavy atom. The Morgan fingerprint density at radius 2 is 2.00 bits per heavy atom. The molecule has 2 heterocycles. The Kier molecular flexibility index (Phi) is 8.62. The fraction of sp³-hybridized carbons (Fsp3) is 0.526. The number of carbonyl (C=O) groups is 2. The van der Waals surface area contributed by atoms with Crippen molar-refractivity contribution in [2.45, 2.75) is 26.8 Å². The van der Waals surface area contributed by atoms with Crippen molar-refractivity contribution >= 4 is 23.2 Å². The van der Waals surface area contributed by atoms with E-state index < -0.39 is 5.97 Å². The van der Waals surface area contributed by atoms with Crippen LogP contribution in [0.15, 0.2) is 11.4 Å². The number of ether oxygens (including phenoxy) is 3. The molecule has 0 aliphatic carbocycles. The maximum Gasteiger partial charge on any atom is 0.367 e. The lowest BCUT2D eigenvalue weighted by atomic mass is 10.2. The summed E-state index contributed by atoms with van der Waals surface area (Å²) in [6, 6.07) is 1.81. The number of hydrogen-bond acceptors (Lipinski definition) is 7. The van der Waals surface area contributed by atoms with Gasteiger partial charge in [-0.15, -0.1) is 11.3 Å². The molecule has 0 spiro atoms. The summed E-state index contributed by atoms with van der Waals surface area (Å²) in [4.78, 5) is 28.9. The summed E-state index contributed by atoms with van der Waals surface area (Å²) in [5.41, 5.74) is 2.85. The van der Waals surface area contributed by atoms with Crippen LogP contribution in [0.1, 0.15) is 39.2 Å². The second-order valence-electron chi connectivity index (χ2n) is 6.03. The molecule has 2 rings (SSSR count). The fourth-order valence-corrected chi connectivity index (χ4v) is 3.49. The minimum Gasteiger partial charge on any atom is -0.461 e. The van der Waals surface area contributed by atoms with Gasteiger partial charge in [-0.2, -0.15) is 0 Å². The summed E-state index contributed by atoms with van der Waals surface area (Å²) >= 11 is 1.23. The third kappa shape index (κ3) is 5.40. The Labute approximate surface area is 168 Å². The number of carbonyl (C=O) groups excluding carboxylic acids is 2. The number of nitrogens with zero attached hydrogens (tertiary/aromatic N) is 2. The first-order valence-corrected chi connectivity index (χ1v) is 10.0. The van der Waals surface area contributed by atoms with Crippen molar-refractivity contribution in [1.82, 2.24) is 14.9 Å². The van der Waals surface area contributed by atoms with Crippen LogP contribution in [0.2, 0.25) is 0 Å². The van der Waals surface area contributed by atoms with Crippen molar-refractivity contribution in [3.05, 3.63) is 27.7 Å². The van der Waals surface area contributed by atoms with E-state index in [1.165, 1.54) is 11.3 Å². The van der Waals surface area contributed by atoms with E-state index in [4.69, 9.17) is 14.2 Å². The van der Waals surface area contributed by atoms with Gasteiger partial charge in [0.25, 0.3) is 5.91 Å². The van der Waals surface area contributed by atoms with Crippen LogP contribution in [0, 0.1) is 6.92 Å². The van der Waals surface area contributed by atoms with Crippen molar-refractivity contribution in [2.24, 2.45) is 0 Å². The molecule has 2 aromatic rings. The van der Waals surface area contributed by atoms with E-state index in [2.05, 4.69) is 10.3 Å². The number of thiazole rings is 1. The zero-order valence-corrected chi connectivity index (χ0v) is 17.6. The molecule has 1 amide bonds. The molecule has 0 saturated carbocycles. The van der Waals surface area contributed by atoms with Gasteiger partial charge < -0.3 is 24.1 Å². The molecule has 28 heavy (non-hydrogen) atoms. The number of nitrogens with one attached hydrogen (secondary N) is 1. The zero-order valence-electron chi connectivity index (χ0n) is 16.7. The number of aromatic nitrogens is 2. The van der Waals surface area contributed by atoms with Gasteiger partial charge in [0.15, 0.2) is 0 Å². The molecule has 0 atom stereocenters. The van der Waals surface area contributed by atoms with Crippen LogP contribution in [-0.2, 0) is 20.8 Å². The van der Waals surface area contributed by atoms with E-state index >= 15 is 0 Å². The Bertz CT molecular complexity index is 800. The maximum absolute atomic E-state index is 12.6. The van der Waals surface area contributed by atoms with Crippen molar-refractivity contribution in [3.8, 4) is 11.4 Å². The lowest BCUT2D eigenvalue weighted by molar-refractivity contribution is 0.0526. The van der Waals surface area contributed by atoms with E-state index in [0.717, 1.165) is 17.8 Å². The maximum atomic E-state index is 12.6. The van der Waals surface area contributed by atoms with Crippen LogP contribution in [0.25, 0.3) is 11.4 Å². The van der Waals surface area contributed by atoms with E-state index in [1.54, 1.807) is 26.5 Å². The van der Waals surface area contributed by atoms with Crippen LogP contribution in [0.3, 0.4) is 0 Å². The molecule has 0 unspecified atom stereocenters. The predicted octanol–water partition coefficient (Wildman–Crippen LogP) is 2.51. The van der Waals surface area contributed by atoms with Gasteiger partial charge in [0, 0.05) is 45.0 Å². The van der Waals surface area contributed by atoms with Gasteiger partial charge >= 0.3 is 5.97 Å². The molecule has 1 N–H and O–H groups in total. The first-order chi connectivity index (χ1) is 13.5. The van der Waals surface area contributed by atoms with Crippen molar-refractivity contribution < 1.29 is 23.8 Å². The monoisotopic (exact) mass is 409 g/mol. The molecule has 0 bridgehead atoms. The zero-order chi connectivity index (χ0) is 20.5. The molecule has 9 heteroatoms. The van der Waals surface area contributed by atoms with Crippen molar-refractivity contribution in [3.63, 3.8) is 0 Å². The van der Waals surface area contributed by atoms with Crippen molar-refractivity contribution in [1.29, 1.82) is 0 Å². The van der Waals surface area contributed by atoms with Gasteiger partial charge in [-0.05, 0) is 26.3 Å². The number of esters is 1. The lowest BCUT2D eigenvalue weighted by Crippen LogP contribution is -2.27. The number of rotatable bonds is 11. The summed E-state index contributed by atoms with van der Waals surface area (Å²) in [5, 5.41) is 4.95. The summed E-state index contributed by atoms with van der Waals surface area (Å²) in [5.74, 6) is -0.604. The van der Waals surface area contributed by atoms with Gasteiger partial charge in [0.2, 0.25) is 5.01 Å². The summed E-state index contributed by atoms with van der Waals surface area (Å²) in [6.45, 7) is 6.12. The molecular formula is C19H27N3O5S. The van der Waals surface area contributed by atoms with Gasteiger partial charge in [0.1, 0.15) is 0 Å². The first-order valence-electron chi connectivity index (χ1n) is 9.12. The second kappa shape index (κ2) is 10.9. The molecular weight excluding hydrogens is 382 g/mol. The van der Waals surface area contributed by atoms with Crippen LogP contribution in [0.5, 0.6) is 0 Å². The van der Waals surface area contributed by atoms with E-state index in [9.17, 15) is 9.59 Å². The van der Waals surface area contributed by atoms with Crippen LogP contribution in [-0.4, -0.2) is 62.0 Å². The number of hydrogen-bond donors (Lipinski definition) is 1. The third-order valence-corrected chi connectivity index (χ3v) is 4.97. The lowest BCUT2D eigenvalue weighted by Gasteiger charge is -2.11. The standard InChI is InChI=1S/C19H27N3O5S/c1-5-27-19(24)18-21-15(12-28-18)16-11-14(17(23)20-7-10-26-4)13(2)22(16)8-6-9-25-3/h11-12H,5-10H2,1-4H3,(H,20,23). The number of methoxy groups -OCH3 is 2. The molecule has 2 aromatic heterocycles. The number of amides is 1. The highest BCUT2D eigenvalue weighted by atomic mass is 32.1. The largest absolute Gasteiger partial charge is 0.461 e. The average molecular weight is 410 g/mol. The normalized spacial score (nSPS) is 10.9. The minimum atomic E-state index is -0.439. The summed E-state index contributed by atoms with van der Waals surface area (Å²) in [6.07, 6.45) is 0.790. The molecule has 0 aliphatic rings. The van der Waals surface area contributed by atoms with Gasteiger partial charge in [-0.3, -0.25) is 4.79 Å². The van der Waals surface area contributed by atoms with E-state index in [0.29, 0.717) is 49.2 Å². The fourth-order valence-electron chi connectivity index (χ4n) is 2.78. The highest BCUT2D eigenvalue weighted by Crippen LogP contribution is 2.28. The molecule has 0 aromatic carbocycles. The third-order valence-electron chi connectivity index (χ3n) is 4.15. The highest BCUT2D eigenvalue weighted by Gasteiger charge is 2.21. The van der Waals surface area contributed by atoms with Gasteiger partial charge in [-0.25, -0.2) is 9.78 Å². The Morgan fingerprint density at radius 1 is 1.25 bits per heavy atom. The molecule has 0 radical (unpaired) electrons. The highest BCUT2D eigenvalue weighted by molar-refractivity contribution is 7.11. The topological polar surface area (TPSA) is 91.7 Å². The summed E-state index contributed by atoms with van der Waals surface area (Å²) in [7, 11) is 3.25. The smallest absolute Gasteiger partial charge is 0.367 e. The van der Waals surface area contributed by atoms with Gasteiger partial charge in [0.05, 0.1) is 30.2 Å². The van der Waals surface area contributed by atoms with Crippen molar-refractivity contribution in [2.75, 3.05) is 40.6 Å². The Hall–Kier alpha value is -2.23. The molecule has 0 fully saturated rings. The Balaban J connectivity index is 2.34. The molecule has 154 valence electrons. The van der Waals surface area contributed by atoms with Gasteiger partial charge in [-0.1, -0.05) is 0 Å². The summed E-state index contributed by atoms with van der Waals surface area (Å²) < 4.78 is 17.2.